The number of aromatic nitrogens is 2. The Labute approximate surface area is 162 Å². The van der Waals surface area contributed by atoms with Gasteiger partial charge in [-0.3, -0.25) is 19.1 Å². The highest BCUT2D eigenvalue weighted by Gasteiger charge is 2.56. The van der Waals surface area contributed by atoms with E-state index in [-0.39, 0.29) is 11.1 Å². The third-order valence-electron chi connectivity index (χ3n) is 4.70. The van der Waals surface area contributed by atoms with Crippen LogP contribution in [0.2, 0.25) is 0 Å². The highest BCUT2D eigenvalue weighted by Crippen LogP contribution is 2.42. The van der Waals surface area contributed by atoms with Crippen LogP contribution in [0.15, 0.2) is 46.1 Å². The van der Waals surface area contributed by atoms with Gasteiger partial charge in [0.1, 0.15) is 17.8 Å². The van der Waals surface area contributed by atoms with E-state index >= 15 is 0 Å². The van der Waals surface area contributed by atoms with E-state index in [4.69, 9.17) is 4.74 Å². The smallest absolute Gasteiger partial charge is 0.330 e. The highest BCUT2D eigenvalue weighted by molar-refractivity contribution is 9.09. The molecule has 5 atom stereocenters. The molecule has 1 aliphatic heterocycles. The fraction of sp³-hybridized carbons (Fsp3) is 0.389. The third-order valence-corrected chi connectivity index (χ3v) is 6.08. The van der Waals surface area contributed by atoms with Crippen LogP contribution in [0.25, 0.3) is 0 Å². The number of ether oxygens (including phenoxy) is 1. The molecular weight excluding hydrogens is 420 g/mol. The van der Waals surface area contributed by atoms with Gasteiger partial charge in [0, 0.05) is 17.3 Å². The van der Waals surface area contributed by atoms with Crippen LogP contribution in [0.5, 0.6) is 0 Å². The van der Waals surface area contributed by atoms with Crippen molar-refractivity contribution in [3.05, 3.63) is 68.5 Å². The van der Waals surface area contributed by atoms with Crippen LogP contribution in [0.3, 0.4) is 0 Å². The number of nitrogens with zero attached hydrogens (tertiary/aromatic N) is 1. The number of ketones is 1. The van der Waals surface area contributed by atoms with Crippen molar-refractivity contribution in [3.8, 4) is 0 Å². The first-order chi connectivity index (χ1) is 12.6. The second kappa shape index (κ2) is 7.16. The molecule has 1 saturated heterocycles. The number of hydrogen-bond acceptors (Lipinski definition) is 6. The summed E-state index contributed by atoms with van der Waals surface area (Å²) in [4.78, 5) is 37.6. The molecule has 27 heavy (non-hydrogen) atoms. The molecule has 0 radical (unpaired) electrons. The van der Waals surface area contributed by atoms with Crippen molar-refractivity contribution in [2.45, 2.75) is 42.7 Å². The molecule has 1 aliphatic rings. The Bertz CT molecular complexity index is 968. The molecule has 0 saturated carbocycles. The zero-order valence-electron chi connectivity index (χ0n) is 14.6. The van der Waals surface area contributed by atoms with E-state index in [1.54, 1.807) is 30.3 Å². The van der Waals surface area contributed by atoms with Gasteiger partial charge >= 0.3 is 5.69 Å². The molecule has 9 heteroatoms. The fourth-order valence-electron chi connectivity index (χ4n) is 3.09. The van der Waals surface area contributed by atoms with Gasteiger partial charge in [0.25, 0.3) is 5.56 Å². The minimum atomic E-state index is -1.67. The van der Waals surface area contributed by atoms with Gasteiger partial charge < -0.3 is 14.9 Å². The molecular formula is C18H19BrN2O6. The second-order valence-corrected chi connectivity index (χ2v) is 7.72. The maximum Gasteiger partial charge on any atom is 0.330 e. The number of benzene rings is 1. The molecule has 144 valence electrons. The van der Waals surface area contributed by atoms with Crippen molar-refractivity contribution in [2.24, 2.45) is 0 Å². The summed E-state index contributed by atoms with van der Waals surface area (Å²) in [6, 6.07) is 8.15. The quantitative estimate of drug-likeness (QED) is 0.471. The van der Waals surface area contributed by atoms with Crippen LogP contribution in [0.4, 0.5) is 0 Å². The maximum atomic E-state index is 12.6. The van der Waals surface area contributed by atoms with Crippen LogP contribution < -0.4 is 11.2 Å². The Morgan fingerprint density at radius 1 is 1.33 bits per heavy atom. The highest BCUT2D eigenvalue weighted by atomic mass is 79.9. The van der Waals surface area contributed by atoms with E-state index in [9.17, 15) is 24.6 Å². The topological polar surface area (TPSA) is 122 Å². The Morgan fingerprint density at radius 2 is 1.96 bits per heavy atom. The maximum absolute atomic E-state index is 12.6. The van der Waals surface area contributed by atoms with E-state index in [0.717, 1.165) is 4.57 Å². The number of hydrogen-bond donors (Lipinski definition) is 3. The van der Waals surface area contributed by atoms with Crippen molar-refractivity contribution in [3.63, 3.8) is 0 Å². The number of alkyl halides is 1. The summed E-state index contributed by atoms with van der Waals surface area (Å²) in [5, 5.41) is 21.4. The molecule has 1 fully saturated rings. The second-order valence-electron chi connectivity index (χ2n) is 6.73. The van der Waals surface area contributed by atoms with Gasteiger partial charge in [-0.1, -0.05) is 46.3 Å². The monoisotopic (exact) mass is 438 g/mol. The number of Topliss-reactive ketones (excluding diaryl/α,β-unsaturated/α-hetero) is 1. The molecule has 3 rings (SSSR count). The van der Waals surface area contributed by atoms with Crippen LogP contribution in [-0.4, -0.2) is 48.2 Å². The van der Waals surface area contributed by atoms with Crippen molar-refractivity contribution < 1.29 is 19.7 Å². The number of carbonyl (C=O) groups is 1. The molecule has 0 amide bonds. The summed E-state index contributed by atoms with van der Waals surface area (Å²) in [7, 11) is 0. The summed E-state index contributed by atoms with van der Waals surface area (Å²) in [5.41, 5.74) is -2.36. The van der Waals surface area contributed by atoms with Gasteiger partial charge in [-0.15, -0.1) is 0 Å². The number of carbonyl (C=O) groups excluding carboxylic acids is 1. The molecule has 3 N–H and O–H groups in total. The van der Waals surface area contributed by atoms with Crippen molar-refractivity contribution in [2.75, 3.05) is 0 Å². The Hall–Kier alpha value is -2.07. The number of halogens is 1. The van der Waals surface area contributed by atoms with Gasteiger partial charge in [-0.05, 0) is 13.8 Å². The minimum Gasteiger partial charge on any atom is -0.386 e. The lowest BCUT2D eigenvalue weighted by molar-refractivity contribution is -0.0983. The molecule has 1 aromatic heterocycles. The van der Waals surface area contributed by atoms with Gasteiger partial charge in [-0.2, -0.15) is 0 Å². The van der Waals surface area contributed by atoms with Crippen LogP contribution in [0.1, 0.15) is 29.1 Å². The average molecular weight is 439 g/mol. The molecule has 0 spiro atoms. The van der Waals surface area contributed by atoms with Gasteiger partial charge in [-0.25, -0.2) is 4.79 Å². The summed E-state index contributed by atoms with van der Waals surface area (Å²) in [6.07, 6.45) is -2.67. The summed E-state index contributed by atoms with van der Waals surface area (Å²) in [6.45, 7) is 2.93. The Balaban J connectivity index is 1.95. The zero-order chi connectivity index (χ0) is 19.9. The first kappa shape index (κ1) is 19.7. The van der Waals surface area contributed by atoms with Crippen LogP contribution >= 0.6 is 15.9 Å². The number of aromatic amines is 1. The first-order valence-electron chi connectivity index (χ1n) is 8.26. The fourth-order valence-corrected chi connectivity index (χ4v) is 3.73. The van der Waals surface area contributed by atoms with E-state index in [1.165, 1.54) is 20.0 Å². The lowest BCUT2D eigenvalue weighted by Gasteiger charge is -2.29. The Kier molecular flexibility index (Phi) is 5.22. The zero-order valence-corrected chi connectivity index (χ0v) is 16.2. The molecule has 8 nitrogen and oxygen atoms in total. The largest absolute Gasteiger partial charge is 0.386 e. The number of nitrogens with one attached hydrogen (secondary N) is 1. The number of aliphatic hydroxyl groups excluding tert-OH is 1. The lowest BCUT2D eigenvalue weighted by atomic mass is 9.90. The summed E-state index contributed by atoms with van der Waals surface area (Å²) >= 11 is 3.31. The molecule has 2 aromatic rings. The van der Waals surface area contributed by atoms with E-state index in [2.05, 4.69) is 20.9 Å². The van der Waals surface area contributed by atoms with Crippen molar-refractivity contribution in [1.29, 1.82) is 0 Å². The summed E-state index contributed by atoms with van der Waals surface area (Å²) < 4.78 is 6.84. The SMILES string of the molecule is Cc1cn([C@@H]2O[C@H](C(O)C(=O)c3ccccc3)[C@](C)(O)[C@H]2Br)c(=O)[nH]c1=O. The predicted molar refractivity (Wildman–Crippen MR) is 100 cm³/mol. The number of rotatable bonds is 4. The van der Waals surface area contributed by atoms with E-state index in [1.807, 2.05) is 0 Å². The van der Waals surface area contributed by atoms with Gasteiger partial charge in [0.05, 0.1) is 4.83 Å². The predicted octanol–water partition coefficient (Wildman–Crippen LogP) is 0.501. The third kappa shape index (κ3) is 3.43. The van der Waals surface area contributed by atoms with E-state index in [0.29, 0.717) is 0 Å². The molecule has 2 heterocycles. The van der Waals surface area contributed by atoms with Crippen molar-refractivity contribution >= 4 is 21.7 Å². The Morgan fingerprint density at radius 3 is 2.59 bits per heavy atom. The lowest BCUT2D eigenvalue weighted by Crippen LogP contribution is -2.50. The molecule has 1 aromatic carbocycles. The van der Waals surface area contributed by atoms with Crippen molar-refractivity contribution in [1.82, 2.24) is 9.55 Å². The van der Waals surface area contributed by atoms with E-state index < -0.39 is 45.9 Å². The minimum absolute atomic E-state index is 0.274. The standard InChI is InChI=1S/C18H19BrN2O6/c1-9-8-21(17(25)20-15(9)24)16-13(19)18(2,26)14(27-16)12(23)11(22)10-6-4-3-5-7-10/h3-8,12-14,16,23,26H,1-2H3,(H,20,24,25)/t12?,13-,14+,16+,18+/m0/s1. The summed E-state index contributed by atoms with van der Waals surface area (Å²) in [5.74, 6) is -0.605. The van der Waals surface area contributed by atoms with Crippen LogP contribution in [-0.2, 0) is 4.74 Å². The average Bonchev–Trinajstić information content (AvgIpc) is 2.87. The number of aliphatic hydroxyl groups is 2. The number of aryl methyl sites for hydroxylation is 1. The van der Waals surface area contributed by atoms with Gasteiger partial charge in [0.15, 0.2) is 12.0 Å². The molecule has 0 bridgehead atoms. The molecule has 1 unspecified atom stereocenters. The first-order valence-corrected chi connectivity index (χ1v) is 9.17. The van der Waals surface area contributed by atoms with Gasteiger partial charge in [0.2, 0.25) is 0 Å². The molecule has 0 aliphatic carbocycles. The number of H-pyrrole nitrogens is 1. The van der Waals surface area contributed by atoms with Crippen LogP contribution in [0, 0.1) is 6.92 Å². The normalized spacial score (nSPS) is 28.9.